The van der Waals surface area contributed by atoms with Gasteiger partial charge < -0.3 is 10.4 Å². The zero-order valence-corrected chi connectivity index (χ0v) is 11.6. The Labute approximate surface area is 124 Å². The third kappa shape index (κ3) is 5.13. The molecule has 21 heavy (non-hydrogen) atoms. The van der Waals surface area contributed by atoms with Crippen LogP contribution in [0.1, 0.15) is 11.1 Å². The first kappa shape index (κ1) is 14.8. The number of carbonyl (C=O) groups excluding carboxylic acids is 1. The largest absolute Gasteiger partial charge is 0.394 e. The first-order valence-corrected chi connectivity index (χ1v) is 6.80. The summed E-state index contributed by atoms with van der Waals surface area (Å²) in [7, 11) is 0. The highest BCUT2D eigenvalue weighted by atomic mass is 16.3. The Morgan fingerprint density at radius 3 is 2.29 bits per heavy atom. The molecule has 0 aromatic heterocycles. The van der Waals surface area contributed by atoms with Gasteiger partial charge in [0.2, 0.25) is 0 Å². The van der Waals surface area contributed by atoms with Crippen molar-refractivity contribution in [1.29, 1.82) is 0 Å². The average molecular weight is 279 g/mol. The maximum Gasteiger partial charge on any atom is 0.296 e. The normalized spacial score (nSPS) is 11.1. The van der Waals surface area contributed by atoms with Gasteiger partial charge in [0.05, 0.1) is 12.6 Å². The molecule has 0 heterocycles. The first-order valence-electron chi connectivity index (χ1n) is 6.80. The van der Waals surface area contributed by atoms with Crippen LogP contribution in [0.3, 0.4) is 0 Å². The zero-order chi connectivity index (χ0) is 14.9. The number of carbonyl (C=O) groups is 1. The summed E-state index contributed by atoms with van der Waals surface area (Å²) in [5, 5.41) is 12.1. The van der Waals surface area contributed by atoms with Gasteiger partial charge in [-0.2, -0.15) is 0 Å². The fourth-order valence-corrected chi connectivity index (χ4v) is 1.93. The monoisotopic (exact) mass is 279 g/mol. The lowest BCUT2D eigenvalue weighted by Crippen LogP contribution is -2.38. The van der Waals surface area contributed by atoms with Crippen LogP contribution in [0.5, 0.6) is 0 Å². The van der Waals surface area contributed by atoms with E-state index in [9.17, 15) is 9.90 Å². The quantitative estimate of drug-likeness (QED) is 0.838. The lowest BCUT2D eigenvalue weighted by Gasteiger charge is -2.14. The smallest absolute Gasteiger partial charge is 0.296 e. The van der Waals surface area contributed by atoms with E-state index < -0.39 is 0 Å². The van der Waals surface area contributed by atoms with Crippen LogP contribution in [0, 0.1) is 11.8 Å². The van der Waals surface area contributed by atoms with Gasteiger partial charge in [0.25, 0.3) is 5.91 Å². The molecule has 1 amide bonds. The van der Waals surface area contributed by atoms with Gasteiger partial charge in [0.15, 0.2) is 0 Å². The summed E-state index contributed by atoms with van der Waals surface area (Å²) >= 11 is 0. The molecule has 106 valence electrons. The van der Waals surface area contributed by atoms with Crippen LogP contribution in [0.15, 0.2) is 60.7 Å². The second kappa shape index (κ2) is 7.88. The molecule has 2 aromatic carbocycles. The molecule has 0 aliphatic carbocycles. The van der Waals surface area contributed by atoms with Crippen LogP contribution in [0.4, 0.5) is 0 Å². The lowest BCUT2D eigenvalue weighted by atomic mass is 10.1. The third-order valence-corrected chi connectivity index (χ3v) is 2.97. The fourth-order valence-electron chi connectivity index (χ4n) is 1.93. The van der Waals surface area contributed by atoms with E-state index in [2.05, 4.69) is 17.2 Å². The minimum absolute atomic E-state index is 0.117. The van der Waals surface area contributed by atoms with Crippen molar-refractivity contribution >= 4 is 5.91 Å². The van der Waals surface area contributed by atoms with Crippen LogP contribution >= 0.6 is 0 Å². The van der Waals surface area contributed by atoms with Gasteiger partial charge in [-0.25, -0.2) is 0 Å². The van der Waals surface area contributed by atoms with Crippen molar-refractivity contribution in [2.75, 3.05) is 6.61 Å². The Bertz CT molecular complexity index is 627. The molecular formula is C18H17NO2. The van der Waals surface area contributed by atoms with E-state index in [1.165, 1.54) is 0 Å². The highest BCUT2D eigenvalue weighted by molar-refractivity contribution is 5.94. The van der Waals surface area contributed by atoms with Crippen molar-refractivity contribution in [3.63, 3.8) is 0 Å². The predicted molar refractivity (Wildman–Crippen MR) is 82.5 cm³/mol. The third-order valence-electron chi connectivity index (χ3n) is 2.97. The molecule has 0 saturated carbocycles. The Balaban J connectivity index is 1.93. The van der Waals surface area contributed by atoms with Crippen LogP contribution in [-0.2, 0) is 11.2 Å². The van der Waals surface area contributed by atoms with Gasteiger partial charge >= 0.3 is 0 Å². The van der Waals surface area contributed by atoms with Gasteiger partial charge in [0.1, 0.15) is 0 Å². The molecule has 0 radical (unpaired) electrons. The zero-order valence-electron chi connectivity index (χ0n) is 11.6. The Morgan fingerprint density at radius 2 is 1.67 bits per heavy atom. The summed E-state index contributed by atoms with van der Waals surface area (Å²) in [5.74, 6) is 4.95. The number of amides is 1. The van der Waals surface area contributed by atoms with E-state index in [0.29, 0.717) is 6.42 Å². The molecule has 3 heteroatoms. The van der Waals surface area contributed by atoms with E-state index in [1.54, 1.807) is 0 Å². The summed E-state index contributed by atoms with van der Waals surface area (Å²) in [5.41, 5.74) is 1.85. The van der Waals surface area contributed by atoms with E-state index in [-0.39, 0.29) is 18.6 Å². The molecule has 3 nitrogen and oxygen atoms in total. The molecule has 1 unspecified atom stereocenters. The van der Waals surface area contributed by atoms with Gasteiger partial charge in [-0.05, 0) is 24.1 Å². The highest BCUT2D eigenvalue weighted by Crippen LogP contribution is 2.02. The Morgan fingerprint density at radius 1 is 1.05 bits per heavy atom. The Kier molecular flexibility index (Phi) is 5.57. The average Bonchev–Trinajstić information content (AvgIpc) is 2.54. The number of nitrogens with one attached hydrogen (secondary N) is 1. The molecule has 2 N–H and O–H groups in total. The second-order valence-electron chi connectivity index (χ2n) is 4.66. The summed E-state index contributed by atoms with van der Waals surface area (Å²) in [6.45, 7) is -0.117. The van der Waals surface area contributed by atoms with Crippen LogP contribution in [0.2, 0.25) is 0 Å². The number of hydrogen-bond donors (Lipinski definition) is 2. The molecule has 0 aliphatic rings. The molecule has 0 fully saturated rings. The summed E-state index contributed by atoms with van der Waals surface area (Å²) in [6, 6.07) is 18.7. The first-order chi connectivity index (χ1) is 10.3. The van der Waals surface area contributed by atoms with Crippen molar-refractivity contribution in [2.24, 2.45) is 0 Å². The second-order valence-corrected chi connectivity index (χ2v) is 4.66. The maximum absolute atomic E-state index is 11.8. The standard InChI is InChI=1S/C18H17NO2/c20-14-17(13-16-9-5-2-6-10-16)19-18(21)12-11-15-7-3-1-4-8-15/h1-10,17,20H,13-14H2,(H,19,21). The maximum atomic E-state index is 11.8. The topological polar surface area (TPSA) is 49.3 Å². The van der Waals surface area contributed by atoms with Gasteiger partial charge in [-0.1, -0.05) is 54.5 Å². The van der Waals surface area contributed by atoms with Crippen LogP contribution in [-0.4, -0.2) is 23.7 Å². The molecule has 0 saturated heterocycles. The number of aliphatic hydroxyl groups excluding tert-OH is 1. The predicted octanol–water partition coefficient (Wildman–Crippen LogP) is 1.76. The van der Waals surface area contributed by atoms with Crippen molar-refractivity contribution in [2.45, 2.75) is 12.5 Å². The molecule has 1 atom stereocenters. The van der Waals surface area contributed by atoms with Crippen molar-refractivity contribution in [3.05, 3.63) is 71.8 Å². The molecule has 0 spiro atoms. The lowest BCUT2D eigenvalue weighted by molar-refractivity contribution is -0.116. The fraction of sp³-hybridized carbons (Fsp3) is 0.167. The van der Waals surface area contributed by atoms with Gasteiger partial charge in [-0.15, -0.1) is 0 Å². The number of benzene rings is 2. The number of hydrogen-bond acceptors (Lipinski definition) is 2. The number of aliphatic hydroxyl groups is 1. The summed E-state index contributed by atoms with van der Waals surface area (Å²) in [4.78, 5) is 11.8. The van der Waals surface area contributed by atoms with Crippen LogP contribution < -0.4 is 5.32 Å². The van der Waals surface area contributed by atoms with E-state index in [4.69, 9.17) is 0 Å². The molecule has 2 rings (SSSR count). The van der Waals surface area contributed by atoms with E-state index in [0.717, 1.165) is 11.1 Å². The van der Waals surface area contributed by atoms with Crippen molar-refractivity contribution in [1.82, 2.24) is 5.32 Å². The van der Waals surface area contributed by atoms with Crippen molar-refractivity contribution < 1.29 is 9.90 Å². The van der Waals surface area contributed by atoms with Gasteiger partial charge in [-0.3, -0.25) is 4.79 Å². The van der Waals surface area contributed by atoms with Gasteiger partial charge in [0, 0.05) is 11.5 Å². The minimum Gasteiger partial charge on any atom is -0.394 e. The van der Waals surface area contributed by atoms with Crippen molar-refractivity contribution in [3.8, 4) is 11.8 Å². The SMILES string of the molecule is O=C(C#Cc1ccccc1)NC(CO)Cc1ccccc1. The molecular weight excluding hydrogens is 262 g/mol. The van der Waals surface area contributed by atoms with Crippen LogP contribution in [0.25, 0.3) is 0 Å². The van der Waals surface area contributed by atoms with E-state index in [1.807, 2.05) is 60.7 Å². The molecule has 0 bridgehead atoms. The minimum atomic E-state index is -0.381. The summed E-state index contributed by atoms with van der Waals surface area (Å²) < 4.78 is 0. The molecule has 0 aliphatic heterocycles. The molecule has 2 aromatic rings. The highest BCUT2D eigenvalue weighted by Gasteiger charge is 2.10. The van der Waals surface area contributed by atoms with E-state index >= 15 is 0 Å². The summed E-state index contributed by atoms with van der Waals surface area (Å²) in [6.07, 6.45) is 0.579. The number of rotatable bonds is 4. The Hall–Kier alpha value is -2.57.